The van der Waals surface area contributed by atoms with E-state index in [2.05, 4.69) is 5.32 Å². The van der Waals surface area contributed by atoms with E-state index in [-0.39, 0.29) is 43.2 Å². The molecule has 0 aliphatic heterocycles. The van der Waals surface area contributed by atoms with Crippen LogP contribution in [0.2, 0.25) is 0 Å². The van der Waals surface area contributed by atoms with Crippen molar-refractivity contribution in [2.45, 2.75) is 39.5 Å². The van der Waals surface area contributed by atoms with Gasteiger partial charge < -0.3 is 10.1 Å². The molecule has 0 bridgehead atoms. The molecule has 0 unspecified atom stereocenters. The van der Waals surface area contributed by atoms with Crippen LogP contribution in [-0.4, -0.2) is 30.6 Å². The zero-order chi connectivity index (χ0) is 19.6. The highest BCUT2D eigenvalue weighted by Gasteiger charge is 2.12. The Labute approximate surface area is 163 Å². The van der Waals surface area contributed by atoms with Gasteiger partial charge in [-0.05, 0) is 43.7 Å². The first kappa shape index (κ1) is 20.8. The van der Waals surface area contributed by atoms with Crippen LogP contribution < -0.4 is 10.1 Å². The summed E-state index contributed by atoms with van der Waals surface area (Å²) in [5.41, 5.74) is 1.11. The third-order valence-corrected chi connectivity index (χ3v) is 5.00. The van der Waals surface area contributed by atoms with Crippen LogP contribution in [0.3, 0.4) is 0 Å². The summed E-state index contributed by atoms with van der Waals surface area (Å²) in [6, 6.07) is 11.4. The van der Waals surface area contributed by atoms with Crippen molar-refractivity contribution in [1.29, 1.82) is 0 Å². The molecule has 1 N–H and O–H groups in total. The van der Waals surface area contributed by atoms with Gasteiger partial charge in [-0.3, -0.25) is 14.4 Å². The van der Waals surface area contributed by atoms with E-state index in [1.165, 1.54) is 11.3 Å². The minimum absolute atomic E-state index is 0.0146. The summed E-state index contributed by atoms with van der Waals surface area (Å²) < 4.78 is 5.55. The largest absolute Gasteiger partial charge is 0.492 e. The Morgan fingerprint density at radius 3 is 2.48 bits per heavy atom. The van der Waals surface area contributed by atoms with Gasteiger partial charge in [0, 0.05) is 30.6 Å². The summed E-state index contributed by atoms with van der Waals surface area (Å²) in [4.78, 5) is 37.4. The van der Waals surface area contributed by atoms with Crippen LogP contribution in [0.5, 0.6) is 5.75 Å². The maximum Gasteiger partial charge on any atom is 0.220 e. The Hall–Kier alpha value is -2.47. The van der Waals surface area contributed by atoms with Crippen LogP contribution in [0.15, 0.2) is 36.4 Å². The molecule has 0 atom stereocenters. The molecule has 2 rings (SSSR count). The normalized spacial score (nSPS) is 10.4. The average molecular weight is 388 g/mol. The van der Waals surface area contributed by atoms with Crippen molar-refractivity contribution in [2.24, 2.45) is 0 Å². The highest BCUT2D eigenvalue weighted by atomic mass is 32.1. The van der Waals surface area contributed by atoms with Gasteiger partial charge in [0.25, 0.3) is 0 Å². The molecule has 0 spiro atoms. The smallest absolute Gasteiger partial charge is 0.220 e. The van der Waals surface area contributed by atoms with Crippen molar-refractivity contribution in [2.75, 3.05) is 13.2 Å². The number of hydrogen-bond acceptors (Lipinski definition) is 5. The molecule has 1 aromatic carbocycles. The zero-order valence-electron chi connectivity index (χ0n) is 15.7. The van der Waals surface area contributed by atoms with Gasteiger partial charge in [0.15, 0.2) is 5.78 Å². The third-order valence-electron chi connectivity index (χ3n) is 3.96. The van der Waals surface area contributed by atoms with Gasteiger partial charge >= 0.3 is 0 Å². The number of aryl methyl sites for hydroxylation is 2. The summed E-state index contributed by atoms with van der Waals surface area (Å²) in [6.45, 7) is 4.69. The van der Waals surface area contributed by atoms with E-state index in [0.29, 0.717) is 18.0 Å². The molecule has 1 heterocycles. The number of amides is 1. The predicted molar refractivity (Wildman–Crippen MR) is 107 cm³/mol. The van der Waals surface area contributed by atoms with Gasteiger partial charge in [0.05, 0.1) is 11.4 Å². The molecule has 1 aromatic heterocycles. The number of thiophene rings is 1. The van der Waals surface area contributed by atoms with Crippen molar-refractivity contribution in [1.82, 2.24) is 5.32 Å². The van der Waals surface area contributed by atoms with Crippen LogP contribution >= 0.6 is 11.3 Å². The molecule has 1 amide bonds. The molecule has 0 fully saturated rings. The molecule has 6 heteroatoms. The summed E-state index contributed by atoms with van der Waals surface area (Å²) in [7, 11) is 0. The van der Waals surface area contributed by atoms with Gasteiger partial charge in [0.2, 0.25) is 5.91 Å². The van der Waals surface area contributed by atoms with Gasteiger partial charge in [-0.1, -0.05) is 12.1 Å². The maximum atomic E-state index is 12.0. The number of nitrogens with one attached hydrogen (secondary N) is 1. The Kier molecular flexibility index (Phi) is 8.20. The molecule has 0 aliphatic rings. The zero-order valence-corrected chi connectivity index (χ0v) is 16.6. The van der Waals surface area contributed by atoms with E-state index in [9.17, 15) is 14.4 Å². The average Bonchev–Trinajstić information content (AvgIpc) is 3.08. The lowest BCUT2D eigenvalue weighted by Crippen LogP contribution is -2.28. The predicted octanol–water partition coefficient (Wildman–Crippen LogP) is 3.87. The second-order valence-corrected chi connectivity index (χ2v) is 7.67. The summed E-state index contributed by atoms with van der Waals surface area (Å²) >= 11 is 1.44. The first-order valence-electron chi connectivity index (χ1n) is 9.01. The SMILES string of the molecule is Cc1cccc(OCCNC(=O)CCC(=O)CCC(=O)c2ccc(C)s2)c1. The fourth-order valence-corrected chi connectivity index (χ4v) is 3.33. The monoisotopic (exact) mass is 387 g/mol. The fraction of sp³-hybridized carbons (Fsp3) is 0.381. The van der Waals surface area contributed by atoms with Crippen molar-refractivity contribution < 1.29 is 19.1 Å². The highest BCUT2D eigenvalue weighted by Crippen LogP contribution is 2.17. The molecule has 27 heavy (non-hydrogen) atoms. The molecule has 0 aliphatic carbocycles. The number of carbonyl (C=O) groups is 3. The number of ether oxygens (including phenoxy) is 1. The molecule has 0 saturated carbocycles. The van der Waals surface area contributed by atoms with Crippen LogP contribution in [0, 0.1) is 13.8 Å². The van der Waals surface area contributed by atoms with E-state index >= 15 is 0 Å². The topological polar surface area (TPSA) is 72.5 Å². The molecule has 0 radical (unpaired) electrons. The first-order valence-corrected chi connectivity index (χ1v) is 9.83. The van der Waals surface area contributed by atoms with Crippen LogP contribution in [0.4, 0.5) is 0 Å². The lowest BCUT2D eigenvalue weighted by Gasteiger charge is -2.08. The summed E-state index contributed by atoms with van der Waals surface area (Å²) in [6.07, 6.45) is 0.668. The third kappa shape index (κ3) is 7.74. The quantitative estimate of drug-likeness (QED) is 0.469. The number of hydrogen-bond donors (Lipinski definition) is 1. The lowest BCUT2D eigenvalue weighted by molar-refractivity contribution is -0.125. The second kappa shape index (κ2) is 10.6. The van der Waals surface area contributed by atoms with Crippen molar-refractivity contribution in [3.05, 3.63) is 51.7 Å². The van der Waals surface area contributed by atoms with Crippen LogP contribution in [-0.2, 0) is 9.59 Å². The number of ketones is 2. The Bertz CT molecular complexity index is 797. The summed E-state index contributed by atoms with van der Waals surface area (Å²) in [5.74, 6) is 0.503. The van der Waals surface area contributed by atoms with Gasteiger partial charge in [-0.25, -0.2) is 0 Å². The van der Waals surface area contributed by atoms with E-state index < -0.39 is 0 Å². The first-order chi connectivity index (χ1) is 12.9. The van der Waals surface area contributed by atoms with Crippen LogP contribution in [0.25, 0.3) is 0 Å². The highest BCUT2D eigenvalue weighted by molar-refractivity contribution is 7.14. The summed E-state index contributed by atoms with van der Waals surface area (Å²) in [5, 5.41) is 2.73. The number of benzene rings is 1. The lowest BCUT2D eigenvalue weighted by atomic mass is 10.1. The molecule has 2 aromatic rings. The Balaban J connectivity index is 1.56. The van der Waals surface area contributed by atoms with Crippen molar-refractivity contribution >= 4 is 28.8 Å². The van der Waals surface area contributed by atoms with E-state index in [0.717, 1.165) is 16.2 Å². The molecule has 144 valence electrons. The second-order valence-electron chi connectivity index (χ2n) is 6.39. The Morgan fingerprint density at radius 2 is 1.78 bits per heavy atom. The van der Waals surface area contributed by atoms with Crippen LogP contribution in [0.1, 0.15) is 45.8 Å². The fourth-order valence-electron chi connectivity index (χ4n) is 2.49. The van der Waals surface area contributed by atoms with E-state index in [4.69, 9.17) is 4.74 Å². The van der Waals surface area contributed by atoms with Gasteiger partial charge in [-0.2, -0.15) is 0 Å². The van der Waals surface area contributed by atoms with Gasteiger partial charge in [0.1, 0.15) is 18.1 Å². The minimum Gasteiger partial charge on any atom is -0.492 e. The number of carbonyl (C=O) groups excluding carboxylic acids is 3. The maximum absolute atomic E-state index is 12.0. The van der Waals surface area contributed by atoms with Crippen molar-refractivity contribution in [3.63, 3.8) is 0 Å². The minimum atomic E-state index is -0.184. The van der Waals surface area contributed by atoms with E-state index in [1.807, 2.05) is 44.2 Å². The number of Topliss-reactive ketones (excluding diaryl/α,β-unsaturated/α-hetero) is 2. The van der Waals surface area contributed by atoms with Gasteiger partial charge in [-0.15, -0.1) is 11.3 Å². The molecular weight excluding hydrogens is 362 g/mol. The van der Waals surface area contributed by atoms with E-state index in [1.54, 1.807) is 6.07 Å². The Morgan fingerprint density at radius 1 is 1.00 bits per heavy atom. The standard InChI is InChI=1S/C21H25NO4S/c1-15-4-3-5-18(14-15)26-13-12-22-21(25)11-8-17(23)7-9-19(24)20-10-6-16(2)27-20/h3-6,10,14H,7-9,11-13H2,1-2H3,(H,22,25). The number of rotatable bonds is 11. The van der Waals surface area contributed by atoms with Crippen molar-refractivity contribution in [3.8, 4) is 5.75 Å². The molecule has 5 nitrogen and oxygen atoms in total. The molecule has 0 saturated heterocycles. The molecular formula is C21H25NO4S.